The van der Waals surface area contributed by atoms with Crippen molar-refractivity contribution >= 4 is 66.7 Å². The first-order valence-corrected chi connectivity index (χ1v) is 23.5. The first kappa shape index (κ1) is 38.4. The Morgan fingerprint density at radius 2 is 0.706 bits per heavy atom. The lowest BCUT2D eigenvalue weighted by Crippen LogP contribution is -2.26. The normalized spacial score (nSPS) is 14.2. The molecule has 1 spiro atoms. The molecule has 0 saturated heterocycles. The van der Waals surface area contributed by atoms with E-state index in [1.54, 1.807) is 0 Å². The highest BCUT2D eigenvalue weighted by Crippen LogP contribution is 2.64. The van der Waals surface area contributed by atoms with Gasteiger partial charge in [0.25, 0.3) is 0 Å². The van der Waals surface area contributed by atoms with Gasteiger partial charge < -0.3 is 14.4 Å². The molecule has 68 heavy (non-hydrogen) atoms. The van der Waals surface area contributed by atoms with Gasteiger partial charge >= 0.3 is 0 Å². The van der Waals surface area contributed by atoms with Crippen LogP contribution in [0.5, 0.6) is 0 Å². The van der Waals surface area contributed by atoms with Crippen LogP contribution in [0.15, 0.2) is 261 Å². The summed E-state index contributed by atoms with van der Waals surface area (Å²) in [6, 6.07) is 96.2. The summed E-state index contributed by atoms with van der Waals surface area (Å²) in [7, 11) is 0. The first-order valence-electron chi connectivity index (χ1n) is 23.5. The second-order valence-electron chi connectivity index (χ2n) is 18.1. The maximum atomic E-state index is 2.51. The molecule has 0 aliphatic heterocycles. The fourth-order valence-corrected chi connectivity index (χ4v) is 11.7. The molecule has 0 fully saturated rings. The Kier molecular flexibility index (Phi) is 8.50. The van der Waals surface area contributed by atoms with Gasteiger partial charge in [-0.25, -0.2) is 0 Å². The number of anilines is 6. The van der Waals surface area contributed by atoms with Crippen molar-refractivity contribution in [3.05, 3.63) is 283 Å². The minimum atomic E-state index is -0.582. The zero-order chi connectivity index (χ0) is 44.8. The fraction of sp³-hybridized carbons (Fsp3) is 0.0154. The van der Waals surface area contributed by atoms with Gasteiger partial charge in [0.15, 0.2) is 0 Å². The maximum Gasteiger partial charge on any atom is 0.0727 e. The van der Waals surface area contributed by atoms with Gasteiger partial charge in [0.2, 0.25) is 0 Å². The number of hydrogen-bond acceptors (Lipinski definition) is 2. The average molecular weight is 866 g/mol. The average Bonchev–Trinajstić information content (AvgIpc) is 4.01. The Balaban J connectivity index is 1.03. The molecule has 2 aliphatic carbocycles. The Labute approximate surface area is 395 Å². The van der Waals surface area contributed by atoms with E-state index in [2.05, 4.69) is 275 Å². The summed E-state index contributed by atoms with van der Waals surface area (Å²) < 4.78 is 2.42. The number of nitrogens with zero attached hydrogens (tertiary/aromatic N) is 3. The summed E-state index contributed by atoms with van der Waals surface area (Å²) in [6.07, 6.45) is 0. The summed E-state index contributed by atoms with van der Waals surface area (Å²) in [6.45, 7) is 0. The molecular formula is C65H43N3. The molecule has 0 bridgehead atoms. The second-order valence-corrected chi connectivity index (χ2v) is 18.1. The highest BCUT2D eigenvalue weighted by molar-refractivity contribution is 6.10. The number of rotatable bonds is 7. The molecule has 0 saturated carbocycles. The van der Waals surface area contributed by atoms with Crippen molar-refractivity contribution in [2.45, 2.75) is 5.41 Å². The Bertz CT molecular complexity index is 3880. The second kappa shape index (κ2) is 15.1. The molecule has 1 heterocycles. The predicted octanol–water partition coefficient (Wildman–Crippen LogP) is 17.2. The van der Waals surface area contributed by atoms with E-state index in [4.69, 9.17) is 0 Å². The third kappa shape index (κ3) is 5.60. The topological polar surface area (TPSA) is 11.4 Å². The fourth-order valence-electron chi connectivity index (χ4n) is 11.7. The SMILES string of the molecule is c1ccc(N(c2ccccc2)c2ccc3c(c2)C2(c4ccccc4-3)c3ccccc3-c3ccc(N(c4ccc5ccccc5c4)c4ccc5c6ccccc6n(-c6ccccc6)c5c4)cc32)cc1. The van der Waals surface area contributed by atoms with E-state index in [1.807, 2.05) is 0 Å². The third-order valence-corrected chi connectivity index (χ3v) is 14.5. The number of hydrogen-bond donors (Lipinski definition) is 0. The number of benzene rings is 11. The number of aromatic nitrogens is 1. The van der Waals surface area contributed by atoms with Crippen molar-refractivity contribution < 1.29 is 0 Å². The van der Waals surface area contributed by atoms with Crippen LogP contribution in [-0.2, 0) is 5.41 Å². The van der Waals surface area contributed by atoms with Crippen LogP contribution < -0.4 is 9.80 Å². The molecule has 0 amide bonds. The molecule has 12 aromatic rings. The Hall–Kier alpha value is -8.92. The number of fused-ring (bicyclic) bond motifs is 14. The van der Waals surface area contributed by atoms with Crippen molar-refractivity contribution in [3.63, 3.8) is 0 Å². The van der Waals surface area contributed by atoms with Crippen LogP contribution >= 0.6 is 0 Å². The van der Waals surface area contributed by atoms with Crippen LogP contribution in [0.3, 0.4) is 0 Å². The molecule has 11 aromatic carbocycles. The highest BCUT2D eigenvalue weighted by Gasteiger charge is 2.52. The smallest absolute Gasteiger partial charge is 0.0727 e. The van der Waals surface area contributed by atoms with E-state index >= 15 is 0 Å². The zero-order valence-electron chi connectivity index (χ0n) is 37.2. The molecule has 0 N–H and O–H groups in total. The molecule has 2 aliphatic rings. The molecule has 1 atom stereocenters. The quantitative estimate of drug-likeness (QED) is 0.158. The Morgan fingerprint density at radius 3 is 1.35 bits per heavy atom. The van der Waals surface area contributed by atoms with E-state index < -0.39 is 5.41 Å². The van der Waals surface area contributed by atoms with Gasteiger partial charge in [0, 0.05) is 50.6 Å². The van der Waals surface area contributed by atoms with Crippen LogP contribution in [0.25, 0.3) is 60.5 Å². The van der Waals surface area contributed by atoms with Gasteiger partial charge in [-0.15, -0.1) is 0 Å². The van der Waals surface area contributed by atoms with Gasteiger partial charge in [0.05, 0.1) is 16.4 Å². The Morgan fingerprint density at radius 1 is 0.265 bits per heavy atom. The van der Waals surface area contributed by atoms with Crippen molar-refractivity contribution in [1.29, 1.82) is 0 Å². The molecular weight excluding hydrogens is 823 g/mol. The minimum absolute atomic E-state index is 0.582. The molecule has 318 valence electrons. The standard InChI is InChI=1S/C65H43N3/c1-4-20-46(21-5-1)66(47-22-6-2-7-23-47)50-34-37-55-53-26-12-15-29-59(53)65(61(55)41-50)60-30-16-13-27-54(60)56-38-35-51(42-62(56)65)67(49-33-32-44-18-10-11-19-45(44)40-49)52-36-39-58-57-28-14-17-31-63(57)68(64(58)43-52)48-24-8-3-9-25-48/h1-43H. The van der Waals surface area contributed by atoms with Crippen LogP contribution in [0.4, 0.5) is 34.1 Å². The van der Waals surface area contributed by atoms with Gasteiger partial charge in [-0.05, 0) is 146 Å². The molecule has 1 aromatic heterocycles. The lowest BCUT2D eigenvalue weighted by Gasteiger charge is -2.33. The van der Waals surface area contributed by atoms with Gasteiger partial charge in [0.1, 0.15) is 0 Å². The van der Waals surface area contributed by atoms with Crippen molar-refractivity contribution in [3.8, 4) is 27.9 Å². The van der Waals surface area contributed by atoms with Crippen LogP contribution in [0, 0.1) is 0 Å². The summed E-state index contributed by atoms with van der Waals surface area (Å²) in [4.78, 5) is 4.86. The van der Waals surface area contributed by atoms with Crippen molar-refractivity contribution in [1.82, 2.24) is 4.57 Å². The third-order valence-electron chi connectivity index (χ3n) is 14.5. The number of para-hydroxylation sites is 4. The van der Waals surface area contributed by atoms with Crippen LogP contribution in [0.2, 0.25) is 0 Å². The summed E-state index contributed by atoms with van der Waals surface area (Å²) in [5.74, 6) is 0. The van der Waals surface area contributed by atoms with Crippen LogP contribution in [-0.4, -0.2) is 4.57 Å². The summed E-state index contributed by atoms with van der Waals surface area (Å²) in [5.41, 5.74) is 19.9. The van der Waals surface area contributed by atoms with Gasteiger partial charge in [-0.1, -0.05) is 170 Å². The van der Waals surface area contributed by atoms with Gasteiger partial charge in [-0.3, -0.25) is 0 Å². The van der Waals surface area contributed by atoms with E-state index in [1.165, 1.54) is 77.1 Å². The van der Waals surface area contributed by atoms with Crippen LogP contribution in [0.1, 0.15) is 22.3 Å². The molecule has 0 radical (unpaired) electrons. The van der Waals surface area contributed by atoms with Crippen molar-refractivity contribution in [2.24, 2.45) is 0 Å². The lowest BCUT2D eigenvalue weighted by atomic mass is 9.70. The van der Waals surface area contributed by atoms with E-state index in [-0.39, 0.29) is 0 Å². The molecule has 1 unspecified atom stereocenters. The summed E-state index contributed by atoms with van der Waals surface area (Å²) in [5, 5.41) is 4.88. The first-order chi connectivity index (χ1) is 33.7. The highest BCUT2D eigenvalue weighted by atomic mass is 15.1. The lowest BCUT2D eigenvalue weighted by molar-refractivity contribution is 0.793. The molecule has 3 heteroatoms. The van der Waals surface area contributed by atoms with Gasteiger partial charge in [-0.2, -0.15) is 0 Å². The predicted molar refractivity (Wildman–Crippen MR) is 284 cm³/mol. The maximum absolute atomic E-state index is 2.51. The molecule has 14 rings (SSSR count). The minimum Gasteiger partial charge on any atom is -0.310 e. The monoisotopic (exact) mass is 865 g/mol. The van der Waals surface area contributed by atoms with E-state index in [9.17, 15) is 0 Å². The molecule has 3 nitrogen and oxygen atoms in total. The largest absolute Gasteiger partial charge is 0.310 e. The van der Waals surface area contributed by atoms with E-state index in [0.29, 0.717) is 0 Å². The van der Waals surface area contributed by atoms with E-state index in [0.717, 1.165) is 39.8 Å². The summed E-state index contributed by atoms with van der Waals surface area (Å²) >= 11 is 0. The zero-order valence-corrected chi connectivity index (χ0v) is 37.2. The van der Waals surface area contributed by atoms with Crippen molar-refractivity contribution in [2.75, 3.05) is 9.80 Å².